The Bertz CT molecular complexity index is 631. The lowest BCUT2D eigenvalue weighted by atomic mass is 10.2. The number of hydrogen-bond acceptors (Lipinski definition) is 3. The lowest BCUT2D eigenvalue weighted by Crippen LogP contribution is -2.13. The molecule has 2 rings (SSSR count). The molecule has 0 aliphatic rings. The number of benzene rings is 1. The zero-order valence-corrected chi connectivity index (χ0v) is 13.5. The fraction of sp³-hybridized carbons (Fsp3) is 0. The SMILES string of the molecule is O=C(Nc1c(Cl)ncnc1Cl)c1ccc(I)c(Cl)c1. The zero-order chi connectivity index (χ0) is 14.0. The second-order valence-electron chi connectivity index (χ2n) is 3.41. The molecule has 0 unspecified atom stereocenters. The van der Waals surface area contributed by atoms with Gasteiger partial charge in [0.05, 0.1) is 5.02 Å². The third kappa shape index (κ3) is 3.47. The van der Waals surface area contributed by atoms with E-state index in [0.29, 0.717) is 10.6 Å². The van der Waals surface area contributed by atoms with Crippen molar-refractivity contribution >= 4 is 69.0 Å². The molecule has 1 heterocycles. The van der Waals surface area contributed by atoms with Crippen molar-refractivity contribution in [2.24, 2.45) is 0 Å². The van der Waals surface area contributed by atoms with E-state index in [1.807, 2.05) is 0 Å². The van der Waals surface area contributed by atoms with E-state index < -0.39 is 5.91 Å². The first-order valence-electron chi connectivity index (χ1n) is 4.91. The van der Waals surface area contributed by atoms with E-state index >= 15 is 0 Å². The van der Waals surface area contributed by atoms with Crippen molar-refractivity contribution in [2.45, 2.75) is 0 Å². The van der Waals surface area contributed by atoms with Gasteiger partial charge >= 0.3 is 0 Å². The number of nitrogens with one attached hydrogen (secondary N) is 1. The van der Waals surface area contributed by atoms with Gasteiger partial charge in [0.2, 0.25) is 0 Å². The van der Waals surface area contributed by atoms with Gasteiger partial charge in [-0.25, -0.2) is 9.97 Å². The van der Waals surface area contributed by atoms with E-state index in [0.717, 1.165) is 3.57 Å². The van der Waals surface area contributed by atoms with Crippen LogP contribution in [-0.4, -0.2) is 15.9 Å². The van der Waals surface area contributed by atoms with Crippen LogP contribution in [0.1, 0.15) is 10.4 Å². The maximum absolute atomic E-state index is 12.0. The van der Waals surface area contributed by atoms with Gasteiger partial charge in [-0.1, -0.05) is 34.8 Å². The quantitative estimate of drug-likeness (QED) is 0.574. The van der Waals surface area contributed by atoms with E-state index in [1.165, 1.54) is 6.33 Å². The highest BCUT2D eigenvalue weighted by Crippen LogP contribution is 2.27. The minimum atomic E-state index is -0.392. The molecule has 0 fully saturated rings. The molecule has 8 heteroatoms. The molecule has 0 bridgehead atoms. The molecular formula is C11H5Cl3IN3O. The number of rotatable bonds is 2. The Labute approximate surface area is 137 Å². The molecule has 2 aromatic rings. The van der Waals surface area contributed by atoms with Gasteiger partial charge < -0.3 is 5.32 Å². The maximum Gasteiger partial charge on any atom is 0.255 e. The van der Waals surface area contributed by atoms with Crippen molar-refractivity contribution in [1.29, 1.82) is 0 Å². The highest BCUT2D eigenvalue weighted by atomic mass is 127. The van der Waals surface area contributed by atoms with Crippen molar-refractivity contribution < 1.29 is 4.79 Å². The van der Waals surface area contributed by atoms with Crippen LogP contribution >= 0.6 is 57.4 Å². The summed E-state index contributed by atoms with van der Waals surface area (Å²) in [7, 11) is 0. The Morgan fingerprint density at radius 1 is 1.16 bits per heavy atom. The van der Waals surface area contributed by atoms with E-state index in [1.54, 1.807) is 18.2 Å². The van der Waals surface area contributed by atoms with Crippen LogP contribution in [0, 0.1) is 3.57 Å². The third-order valence-electron chi connectivity index (χ3n) is 2.18. The normalized spacial score (nSPS) is 10.3. The van der Waals surface area contributed by atoms with Gasteiger partial charge in [0.25, 0.3) is 5.91 Å². The molecular weight excluding hydrogens is 423 g/mol. The first-order valence-corrected chi connectivity index (χ1v) is 7.12. The number of amides is 1. The number of anilines is 1. The summed E-state index contributed by atoms with van der Waals surface area (Å²) in [6, 6.07) is 4.95. The highest BCUT2D eigenvalue weighted by Gasteiger charge is 2.14. The Balaban J connectivity index is 2.28. The third-order valence-corrected chi connectivity index (χ3v) is 4.32. The van der Waals surface area contributed by atoms with Gasteiger partial charge in [-0.05, 0) is 40.8 Å². The van der Waals surface area contributed by atoms with Gasteiger partial charge in [-0.15, -0.1) is 0 Å². The number of carbonyl (C=O) groups excluding carboxylic acids is 1. The number of aromatic nitrogens is 2. The Morgan fingerprint density at radius 2 is 1.79 bits per heavy atom. The second-order valence-corrected chi connectivity index (χ2v) is 5.70. The lowest BCUT2D eigenvalue weighted by molar-refractivity contribution is 0.102. The zero-order valence-electron chi connectivity index (χ0n) is 9.12. The fourth-order valence-electron chi connectivity index (χ4n) is 1.27. The number of hydrogen-bond donors (Lipinski definition) is 1. The summed E-state index contributed by atoms with van der Waals surface area (Å²) >= 11 is 19.7. The Kier molecular flexibility index (Phi) is 4.83. The first-order chi connectivity index (χ1) is 8.99. The summed E-state index contributed by atoms with van der Waals surface area (Å²) in [5, 5.41) is 3.20. The van der Waals surface area contributed by atoms with Gasteiger partial charge in [0.15, 0.2) is 10.3 Å². The summed E-state index contributed by atoms with van der Waals surface area (Å²) in [5.41, 5.74) is 0.562. The number of nitrogens with zero attached hydrogens (tertiary/aromatic N) is 2. The van der Waals surface area contributed by atoms with Crippen LogP contribution in [0.3, 0.4) is 0 Å². The molecule has 1 amide bonds. The van der Waals surface area contributed by atoms with E-state index in [2.05, 4.69) is 37.9 Å². The van der Waals surface area contributed by atoms with Gasteiger partial charge in [-0.3, -0.25) is 4.79 Å². The standard InChI is InChI=1S/C11H5Cl3IN3O/c12-6-3-5(1-2-7(6)15)11(19)18-8-9(13)16-4-17-10(8)14/h1-4H,(H,18,19). The lowest BCUT2D eigenvalue weighted by Gasteiger charge is -2.08. The monoisotopic (exact) mass is 427 g/mol. The summed E-state index contributed by atoms with van der Waals surface area (Å²) in [5.74, 6) is -0.392. The molecule has 0 atom stereocenters. The summed E-state index contributed by atoms with van der Waals surface area (Å²) in [6.45, 7) is 0. The maximum atomic E-state index is 12.0. The average Bonchev–Trinajstić information content (AvgIpc) is 2.37. The first kappa shape index (κ1) is 14.8. The Hall–Kier alpha value is -0.630. The van der Waals surface area contributed by atoms with Crippen molar-refractivity contribution in [1.82, 2.24) is 9.97 Å². The van der Waals surface area contributed by atoms with Crippen molar-refractivity contribution in [3.63, 3.8) is 0 Å². The molecule has 19 heavy (non-hydrogen) atoms. The second kappa shape index (κ2) is 6.21. The van der Waals surface area contributed by atoms with E-state index in [4.69, 9.17) is 34.8 Å². The summed E-state index contributed by atoms with van der Waals surface area (Å²) in [4.78, 5) is 19.5. The molecule has 0 aliphatic carbocycles. The van der Waals surface area contributed by atoms with Crippen LogP contribution in [0.15, 0.2) is 24.5 Å². The van der Waals surface area contributed by atoms with Crippen LogP contribution in [0.2, 0.25) is 15.3 Å². The van der Waals surface area contributed by atoms with E-state index in [9.17, 15) is 4.79 Å². The van der Waals surface area contributed by atoms with Crippen molar-refractivity contribution in [3.05, 3.63) is 49.0 Å². The summed E-state index contributed by atoms with van der Waals surface area (Å²) < 4.78 is 0.856. The van der Waals surface area contributed by atoms with Crippen LogP contribution in [0.4, 0.5) is 5.69 Å². The van der Waals surface area contributed by atoms with Crippen LogP contribution in [0.25, 0.3) is 0 Å². The molecule has 0 saturated carbocycles. The van der Waals surface area contributed by atoms with Gasteiger partial charge in [-0.2, -0.15) is 0 Å². The number of halogens is 4. The predicted octanol–water partition coefficient (Wildman–Crippen LogP) is 4.29. The topological polar surface area (TPSA) is 54.9 Å². The fourth-order valence-corrected chi connectivity index (χ4v) is 2.20. The molecule has 0 radical (unpaired) electrons. The minimum absolute atomic E-state index is 0.0740. The molecule has 4 nitrogen and oxygen atoms in total. The van der Waals surface area contributed by atoms with Gasteiger partial charge in [0, 0.05) is 9.13 Å². The van der Waals surface area contributed by atoms with E-state index in [-0.39, 0.29) is 16.0 Å². The molecule has 1 N–H and O–H groups in total. The molecule has 98 valence electrons. The molecule has 1 aromatic carbocycles. The molecule has 0 aliphatic heterocycles. The van der Waals surface area contributed by atoms with Gasteiger partial charge in [0.1, 0.15) is 12.0 Å². The smallest absolute Gasteiger partial charge is 0.255 e. The largest absolute Gasteiger partial charge is 0.317 e. The van der Waals surface area contributed by atoms with Crippen molar-refractivity contribution in [2.75, 3.05) is 5.32 Å². The average molecular weight is 428 g/mol. The van der Waals surface area contributed by atoms with Crippen LogP contribution < -0.4 is 5.32 Å². The summed E-state index contributed by atoms with van der Waals surface area (Å²) in [6.07, 6.45) is 1.21. The van der Waals surface area contributed by atoms with Crippen LogP contribution in [0.5, 0.6) is 0 Å². The van der Waals surface area contributed by atoms with Crippen LogP contribution in [-0.2, 0) is 0 Å². The van der Waals surface area contributed by atoms with Crippen molar-refractivity contribution in [3.8, 4) is 0 Å². The molecule has 0 spiro atoms. The molecule has 1 aromatic heterocycles. The number of carbonyl (C=O) groups is 1. The minimum Gasteiger partial charge on any atom is -0.317 e. The Morgan fingerprint density at radius 3 is 2.37 bits per heavy atom. The predicted molar refractivity (Wildman–Crippen MR) is 84.2 cm³/mol. The highest BCUT2D eigenvalue weighted by molar-refractivity contribution is 14.1. The molecule has 0 saturated heterocycles.